The Morgan fingerprint density at radius 2 is 1.83 bits per heavy atom. The molecule has 0 fully saturated rings. The molecule has 0 aromatic carbocycles. The minimum absolute atomic E-state index is 0.860. The zero-order valence-electron chi connectivity index (χ0n) is 7.12. The second-order valence-corrected chi connectivity index (χ2v) is 3.04. The van der Waals surface area contributed by atoms with E-state index in [1.807, 2.05) is 6.92 Å². The van der Waals surface area contributed by atoms with Gasteiger partial charge in [0.05, 0.1) is 24.5 Å². The molecule has 1 aliphatic heterocycles. The standard InChI is InChI=1S/C9H11N3/c1-7(2)12-5-8-9(6-12)11-4-3-10-8/h3-4H,1,5-6H2,2H3. The molecule has 1 aromatic heterocycles. The molecule has 0 saturated carbocycles. The van der Waals surface area contributed by atoms with Crippen molar-refractivity contribution in [2.45, 2.75) is 20.0 Å². The van der Waals surface area contributed by atoms with Crippen LogP contribution in [0.4, 0.5) is 0 Å². The monoisotopic (exact) mass is 161 g/mol. The first-order valence-electron chi connectivity index (χ1n) is 3.96. The molecule has 0 unspecified atom stereocenters. The van der Waals surface area contributed by atoms with E-state index in [1.165, 1.54) is 0 Å². The van der Waals surface area contributed by atoms with Crippen LogP contribution in [0.1, 0.15) is 18.3 Å². The van der Waals surface area contributed by atoms with E-state index in [-0.39, 0.29) is 0 Å². The van der Waals surface area contributed by atoms with Gasteiger partial charge in [0, 0.05) is 18.1 Å². The highest BCUT2D eigenvalue weighted by atomic mass is 15.2. The van der Waals surface area contributed by atoms with Gasteiger partial charge in [-0.3, -0.25) is 9.97 Å². The minimum atomic E-state index is 0.860. The summed E-state index contributed by atoms with van der Waals surface area (Å²) < 4.78 is 0. The Bertz CT molecular complexity index is 294. The van der Waals surface area contributed by atoms with Crippen LogP contribution in [0.3, 0.4) is 0 Å². The van der Waals surface area contributed by atoms with Crippen LogP contribution in [0, 0.1) is 0 Å². The summed E-state index contributed by atoms with van der Waals surface area (Å²) in [6.07, 6.45) is 3.47. The Labute approximate surface area is 71.8 Å². The molecule has 0 amide bonds. The SMILES string of the molecule is C=C(C)N1Cc2nccnc2C1. The van der Waals surface area contributed by atoms with Crippen molar-refractivity contribution in [2.24, 2.45) is 0 Å². The van der Waals surface area contributed by atoms with Crippen molar-refractivity contribution < 1.29 is 0 Å². The quantitative estimate of drug-likeness (QED) is 0.622. The van der Waals surface area contributed by atoms with Gasteiger partial charge in [-0.05, 0) is 6.92 Å². The molecule has 3 nitrogen and oxygen atoms in total. The lowest BCUT2D eigenvalue weighted by atomic mass is 10.4. The van der Waals surface area contributed by atoms with E-state index in [4.69, 9.17) is 0 Å². The summed E-state index contributed by atoms with van der Waals surface area (Å²) in [5, 5.41) is 0. The van der Waals surface area contributed by atoms with Gasteiger partial charge in [-0.25, -0.2) is 0 Å². The number of aromatic nitrogens is 2. The molecule has 0 atom stereocenters. The Balaban J connectivity index is 2.27. The highest BCUT2D eigenvalue weighted by molar-refractivity contribution is 5.17. The summed E-state index contributed by atoms with van der Waals surface area (Å²) in [7, 11) is 0. The first-order chi connectivity index (χ1) is 5.77. The van der Waals surface area contributed by atoms with Crippen molar-refractivity contribution in [2.75, 3.05) is 0 Å². The average molecular weight is 161 g/mol. The van der Waals surface area contributed by atoms with E-state index in [0.717, 1.165) is 30.2 Å². The molecule has 0 radical (unpaired) electrons. The largest absolute Gasteiger partial charge is 0.364 e. The number of allylic oxidation sites excluding steroid dienone is 1. The molecule has 3 heteroatoms. The van der Waals surface area contributed by atoms with Crippen LogP contribution in [0.5, 0.6) is 0 Å². The lowest BCUT2D eigenvalue weighted by Crippen LogP contribution is -2.12. The third-order valence-corrected chi connectivity index (χ3v) is 2.08. The number of rotatable bonds is 1. The summed E-state index contributed by atoms with van der Waals surface area (Å²) in [5.74, 6) is 0. The van der Waals surface area contributed by atoms with Gasteiger partial charge in [-0.15, -0.1) is 0 Å². The summed E-state index contributed by atoms with van der Waals surface area (Å²) >= 11 is 0. The topological polar surface area (TPSA) is 29.0 Å². The molecular formula is C9H11N3. The first kappa shape index (κ1) is 7.28. The number of hydrogen-bond acceptors (Lipinski definition) is 3. The first-order valence-corrected chi connectivity index (χ1v) is 3.96. The summed E-state index contributed by atoms with van der Waals surface area (Å²) in [6, 6.07) is 0. The van der Waals surface area contributed by atoms with E-state index in [1.54, 1.807) is 12.4 Å². The van der Waals surface area contributed by atoms with E-state index in [9.17, 15) is 0 Å². The predicted octanol–water partition coefficient (Wildman–Crippen LogP) is 1.33. The van der Waals surface area contributed by atoms with Gasteiger partial charge >= 0.3 is 0 Å². The second-order valence-electron chi connectivity index (χ2n) is 3.04. The fraction of sp³-hybridized carbons (Fsp3) is 0.333. The van der Waals surface area contributed by atoms with Gasteiger partial charge < -0.3 is 4.90 Å². The van der Waals surface area contributed by atoms with Crippen molar-refractivity contribution in [1.82, 2.24) is 14.9 Å². The smallest absolute Gasteiger partial charge is 0.0830 e. The van der Waals surface area contributed by atoms with Gasteiger partial charge in [0.1, 0.15) is 0 Å². The highest BCUT2D eigenvalue weighted by Crippen LogP contribution is 2.20. The molecule has 12 heavy (non-hydrogen) atoms. The minimum Gasteiger partial charge on any atom is -0.364 e. The van der Waals surface area contributed by atoms with Crippen LogP contribution in [0.25, 0.3) is 0 Å². The van der Waals surface area contributed by atoms with E-state index in [2.05, 4.69) is 21.4 Å². The van der Waals surface area contributed by atoms with Crippen molar-refractivity contribution in [3.63, 3.8) is 0 Å². The van der Waals surface area contributed by atoms with Gasteiger partial charge in [0.25, 0.3) is 0 Å². The van der Waals surface area contributed by atoms with Gasteiger partial charge in [0.2, 0.25) is 0 Å². The maximum absolute atomic E-state index is 4.25. The average Bonchev–Trinajstić information content (AvgIpc) is 2.46. The molecule has 0 bridgehead atoms. The van der Waals surface area contributed by atoms with E-state index in [0.29, 0.717) is 0 Å². The Hall–Kier alpha value is -1.38. The van der Waals surface area contributed by atoms with Crippen LogP contribution in [-0.2, 0) is 13.1 Å². The number of fused-ring (bicyclic) bond motifs is 1. The van der Waals surface area contributed by atoms with Crippen LogP contribution in [0.15, 0.2) is 24.7 Å². The predicted molar refractivity (Wildman–Crippen MR) is 46.1 cm³/mol. The molecular weight excluding hydrogens is 150 g/mol. The third kappa shape index (κ3) is 1.07. The maximum atomic E-state index is 4.25. The molecule has 1 aliphatic rings. The zero-order valence-corrected chi connectivity index (χ0v) is 7.12. The molecule has 0 spiro atoms. The Morgan fingerprint density at radius 1 is 1.33 bits per heavy atom. The van der Waals surface area contributed by atoms with Crippen LogP contribution in [-0.4, -0.2) is 14.9 Å². The molecule has 0 N–H and O–H groups in total. The molecule has 2 heterocycles. The number of nitrogens with zero attached hydrogens (tertiary/aromatic N) is 3. The van der Waals surface area contributed by atoms with Crippen molar-refractivity contribution in [1.29, 1.82) is 0 Å². The lowest BCUT2D eigenvalue weighted by molar-refractivity contribution is 0.361. The number of hydrogen-bond donors (Lipinski definition) is 0. The molecule has 1 aromatic rings. The third-order valence-electron chi connectivity index (χ3n) is 2.08. The van der Waals surface area contributed by atoms with Crippen LogP contribution < -0.4 is 0 Å². The highest BCUT2D eigenvalue weighted by Gasteiger charge is 2.19. The lowest BCUT2D eigenvalue weighted by Gasteiger charge is -2.15. The fourth-order valence-corrected chi connectivity index (χ4v) is 1.35. The van der Waals surface area contributed by atoms with Gasteiger partial charge in [0.15, 0.2) is 0 Å². The van der Waals surface area contributed by atoms with Crippen molar-refractivity contribution in [3.8, 4) is 0 Å². The van der Waals surface area contributed by atoms with E-state index < -0.39 is 0 Å². The van der Waals surface area contributed by atoms with E-state index >= 15 is 0 Å². The van der Waals surface area contributed by atoms with Gasteiger partial charge in [-0.1, -0.05) is 6.58 Å². The Morgan fingerprint density at radius 3 is 2.25 bits per heavy atom. The Kier molecular flexibility index (Phi) is 1.57. The van der Waals surface area contributed by atoms with Crippen molar-refractivity contribution in [3.05, 3.63) is 36.1 Å². The van der Waals surface area contributed by atoms with Crippen LogP contribution >= 0.6 is 0 Å². The van der Waals surface area contributed by atoms with Crippen molar-refractivity contribution >= 4 is 0 Å². The van der Waals surface area contributed by atoms with Crippen LogP contribution in [0.2, 0.25) is 0 Å². The fourth-order valence-electron chi connectivity index (χ4n) is 1.35. The summed E-state index contributed by atoms with van der Waals surface area (Å²) in [4.78, 5) is 10.7. The normalized spacial score (nSPS) is 14.6. The summed E-state index contributed by atoms with van der Waals surface area (Å²) in [5.41, 5.74) is 3.25. The molecule has 0 aliphatic carbocycles. The summed E-state index contributed by atoms with van der Waals surface area (Å²) in [6.45, 7) is 7.62. The second kappa shape index (κ2) is 2.59. The molecule has 62 valence electrons. The van der Waals surface area contributed by atoms with Gasteiger partial charge in [-0.2, -0.15) is 0 Å². The molecule has 2 rings (SSSR count). The zero-order chi connectivity index (χ0) is 8.55. The maximum Gasteiger partial charge on any atom is 0.0830 e. The molecule has 0 saturated heterocycles.